The topological polar surface area (TPSA) is 51.2 Å². The highest BCUT2D eigenvalue weighted by Gasteiger charge is 2.42. The van der Waals surface area contributed by atoms with Crippen LogP contribution in [-0.2, 0) is 14.4 Å². The molecule has 0 amide bonds. The predicted molar refractivity (Wildman–Crippen MR) is 50.7 cm³/mol. The first kappa shape index (κ1) is 10.7. The number of hydrogen-bond acceptors (Lipinski definition) is 6. The molecule has 2 unspecified atom stereocenters. The van der Waals surface area contributed by atoms with Gasteiger partial charge in [-0.25, -0.2) is 4.79 Å². The van der Waals surface area contributed by atoms with Crippen LogP contribution in [0.15, 0.2) is 0 Å². The summed E-state index contributed by atoms with van der Waals surface area (Å²) in [6, 6.07) is 0.319. The molecule has 2 heterocycles. The molecule has 2 aliphatic rings. The first-order chi connectivity index (χ1) is 7.20. The summed E-state index contributed by atoms with van der Waals surface area (Å²) in [4.78, 5) is 21.5. The maximum Gasteiger partial charge on any atom is 0.527 e. The zero-order valence-corrected chi connectivity index (χ0v) is 9.01. The van der Waals surface area contributed by atoms with E-state index in [1.807, 2.05) is 12.1 Å². The third-order valence-electron chi connectivity index (χ3n) is 2.80. The van der Waals surface area contributed by atoms with Gasteiger partial charge in [0.1, 0.15) is 0 Å². The van der Waals surface area contributed by atoms with E-state index >= 15 is 0 Å². The van der Waals surface area contributed by atoms with Crippen molar-refractivity contribution >= 4 is 6.16 Å². The second-order valence-corrected chi connectivity index (χ2v) is 3.79. The van der Waals surface area contributed by atoms with E-state index in [0.717, 1.165) is 0 Å². The SMILES string of the molecule is CCOC(=O)ON1CC2CON(C)C2C1. The van der Waals surface area contributed by atoms with Crippen molar-refractivity contribution in [1.82, 2.24) is 10.1 Å². The van der Waals surface area contributed by atoms with Gasteiger partial charge in [0.2, 0.25) is 0 Å². The van der Waals surface area contributed by atoms with Crippen molar-refractivity contribution in [2.24, 2.45) is 5.92 Å². The molecule has 2 atom stereocenters. The molecule has 0 aromatic carbocycles. The molecular weight excluding hydrogens is 200 g/mol. The molecule has 2 aliphatic heterocycles. The van der Waals surface area contributed by atoms with Gasteiger partial charge in [0.25, 0.3) is 0 Å². The van der Waals surface area contributed by atoms with Crippen molar-refractivity contribution in [3.05, 3.63) is 0 Å². The van der Waals surface area contributed by atoms with Crippen molar-refractivity contribution in [3.63, 3.8) is 0 Å². The standard InChI is InChI=1S/C9H16N2O4/c1-3-13-9(12)15-11-4-7-6-14-10(2)8(7)5-11/h7-8H,3-6H2,1-2H3. The lowest BCUT2D eigenvalue weighted by atomic mass is 10.1. The highest BCUT2D eigenvalue weighted by molar-refractivity contribution is 5.59. The van der Waals surface area contributed by atoms with Crippen LogP contribution < -0.4 is 0 Å². The fourth-order valence-corrected chi connectivity index (χ4v) is 2.02. The van der Waals surface area contributed by atoms with E-state index in [-0.39, 0.29) is 0 Å². The van der Waals surface area contributed by atoms with E-state index in [1.54, 1.807) is 12.0 Å². The highest BCUT2D eigenvalue weighted by atomic mass is 16.8. The number of hydroxylamine groups is 4. The number of carbonyl (C=O) groups excluding carboxylic acids is 1. The van der Waals surface area contributed by atoms with Crippen LogP contribution in [0, 0.1) is 5.92 Å². The van der Waals surface area contributed by atoms with Gasteiger partial charge in [-0.3, -0.25) is 4.84 Å². The van der Waals surface area contributed by atoms with E-state index in [1.165, 1.54) is 0 Å². The van der Waals surface area contributed by atoms with Crippen molar-refractivity contribution < 1.29 is 19.2 Å². The summed E-state index contributed by atoms with van der Waals surface area (Å²) in [5, 5.41) is 3.48. The first-order valence-electron chi connectivity index (χ1n) is 5.16. The lowest BCUT2D eigenvalue weighted by Gasteiger charge is -2.18. The monoisotopic (exact) mass is 216 g/mol. The zero-order chi connectivity index (χ0) is 10.8. The van der Waals surface area contributed by atoms with E-state index in [2.05, 4.69) is 0 Å². The molecule has 2 rings (SSSR count). The molecule has 0 bridgehead atoms. The molecule has 6 nitrogen and oxygen atoms in total. The molecule has 0 spiro atoms. The highest BCUT2D eigenvalue weighted by Crippen LogP contribution is 2.27. The van der Waals surface area contributed by atoms with Gasteiger partial charge < -0.3 is 9.57 Å². The summed E-state index contributed by atoms with van der Waals surface area (Å²) in [5.74, 6) is 0.421. The van der Waals surface area contributed by atoms with Gasteiger partial charge in [0.15, 0.2) is 0 Å². The molecule has 0 aromatic rings. The normalized spacial score (nSPS) is 31.6. The Morgan fingerprint density at radius 2 is 2.33 bits per heavy atom. The number of carbonyl (C=O) groups is 1. The first-order valence-corrected chi connectivity index (χ1v) is 5.16. The predicted octanol–water partition coefficient (Wildman–Crippen LogP) is 0.252. The molecule has 0 aliphatic carbocycles. The van der Waals surface area contributed by atoms with Crippen LogP contribution in [0.1, 0.15) is 6.92 Å². The van der Waals surface area contributed by atoms with E-state index in [9.17, 15) is 4.79 Å². The van der Waals surface area contributed by atoms with Gasteiger partial charge in [0.05, 0.1) is 25.8 Å². The molecule has 0 radical (unpaired) electrons. The van der Waals surface area contributed by atoms with Crippen LogP contribution in [0.3, 0.4) is 0 Å². The number of ether oxygens (including phenoxy) is 1. The van der Waals surface area contributed by atoms with Crippen LogP contribution in [-0.4, -0.2) is 55.7 Å². The fourth-order valence-electron chi connectivity index (χ4n) is 2.02. The lowest BCUT2D eigenvalue weighted by Crippen LogP contribution is -2.32. The lowest BCUT2D eigenvalue weighted by molar-refractivity contribution is -0.153. The fraction of sp³-hybridized carbons (Fsp3) is 0.889. The number of likely N-dealkylation sites (N-methyl/N-ethyl adjacent to an activating group) is 1. The Bertz CT molecular complexity index is 248. The smallest absolute Gasteiger partial charge is 0.433 e. The summed E-state index contributed by atoms with van der Waals surface area (Å²) < 4.78 is 4.71. The number of hydrogen-bond donors (Lipinski definition) is 0. The summed E-state index contributed by atoms with van der Waals surface area (Å²) in [6.07, 6.45) is -0.624. The zero-order valence-electron chi connectivity index (χ0n) is 9.01. The van der Waals surface area contributed by atoms with E-state index in [4.69, 9.17) is 14.4 Å². The Hall–Kier alpha value is -0.850. The molecule has 0 aromatic heterocycles. The Morgan fingerprint density at radius 3 is 3.00 bits per heavy atom. The van der Waals surface area contributed by atoms with Crippen molar-refractivity contribution in [3.8, 4) is 0 Å². The molecule has 6 heteroatoms. The van der Waals surface area contributed by atoms with Crippen LogP contribution >= 0.6 is 0 Å². The Kier molecular flexibility index (Phi) is 3.08. The molecule has 2 saturated heterocycles. The largest absolute Gasteiger partial charge is 0.527 e. The van der Waals surface area contributed by atoms with Gasteiger partial charge in [-0.2, -0.15) is 5.06 Å². The average Bonchev–Trinajstić information content (AvgIpc) is 2.69. The second kappa shape index (κ2) is 4.34. The summed E-state index contributed by atoms with van der Waals surface area (Å²) in [5.41, 5.74) is 0. The summed E-state index contributed by atoms with van der Waals surface area (Å²) >= 11 is 0. The van der Waals surface area contributed by atoms with Crippen molar-refractivity contribution in [1.29, 1.82) is 0 Å². The minimum atomic E-state index is -0.624. The maximum absolute atomic E-state index is 11.1. The Labute approximate surface area is 88.6 Å². The Balaban J connectivity index is 1.81. The molecular formula is C9H16N2O4. The third kappa shape index (κ3) is 2.22. The molecule has 0 N–H and O–H groups in total. The van der Waals surface area contributed by atoms with Gasteiger partial charge in [-0.05, 0) is 6.92 Å². The van der Waals surface area contributed by atoms with Gasteiger partial charge in [0, 0.05) is 19.5 Å². The van der Waals surface area contributed by atoms with E-state index in [0.29, 0.717) is 38.3 Å². The van der Waals surface area contributed by atoms with Crippen LogP contribution in [0.25, 0.3) is 0 Å². The van der Waals surface area contributed by atoms with Gasteiger partial charge in [-0.1, -0.05) is 0 Å². The summed E-state index contributed by atoms with van der Waals surface area (Å²) in [6.45, 7) is 4.18. The number of fused-ring (bicyclic) bond motifs is 1. The van der Waals surface area contributed by atoms with Gasteiger partial charge >= 0.3 is 6.16 Å². The Morgan fingerprint density at radius 1 is 1.53 bits per heavy atom. The minimum Gasteiger partial charge on any atom is -0.433 e. The third-order valence-corrected chi connectivity index (χ3v) is 2.80. The second-order valence-electron chi connectivity index (χ2n) is 3.79. The van der Waals surface area contributed by atoms with Crippen molar-refractivity contribution in [2.45, 2.75) is 13.0 Å². The van der Waals surface area contributed by atoms with Crippen molar-refractivity contribution in [2.75, 3.05) is 33.4 Å². The van der Waals surface area contributed by atoms with Gasteiger partial charge in [-0.15, -0.1) is 5.06 Å². The number of rotatable bonds is 2. The maximum atomic E-state index is 11.1. The molecule has 15 heavy (non-hydrogen) atoms. The van der Waals surface area contributed by atoms with Crippen LogP contribution in [0.2, 0.25) is 0 Å². The molecule has 0 saturated carbocycles. The minimum absolute atomic E-state index is 0.319. The van der Waals surface area contributed by atoms with Crippen LogP contribution in [0.5, 0.6) is 0 Å². The quantitative estimate of drug-likeness (QED) is 0.617. The van der Waals surface area contributed by atoms with Crippen LogP contribution in [0.4, 0.5) is 4.79 Å². The van der Waals surface area contributed by atoms with E-state index < -0.39 is 6.16 Å². The molecule has 2 fully saturated rings. The summed E-state index contributed by atoms with van der Waals surface area (Å²) in [7, 11) is 1.90. The molecule has 86 valence electrons. The average molecular weight is 216 g/mol. The number of nitrogens with zero attached hydrogens (tertiary/aromatic N) is 2.